The van der Waals surface area contributed by atoms with Gasteiger partial charge in [0, 0.05) is 10.7 Å². The average Bonchev–Trinajstić information content (AvgIpc) is 2.53. The summed E-state index contributed by atoms with van der Waals surface area (Å²) in [7, 11) is 1.60. The summed E-state index contributed by atoms with van der Waals surface area (Å²) in [5.74, 6) is 0.483. The zero-order chi connectivity index (χ0) is 15.8. The highest BCUT2D eigenvalue weighted by molar-refractivity contribution is 6.30. The van der Waals surface area contributed by atoms with Crippen LogP contribution >= 0.6 is 11.6 Å². The molecule has 0 fully saturated rings. The second-order valence-corrected chi connectivity index (χ2v) is 4.87. The van der Waals surface area contributed by atoms with Gasteiger partial charge >= 0.3 is 0 Å². The standard InChI is InChI=1S/C16H16ClN3O2/c1-22-15-7-2-4-12(8-15)10-19-20-16(21)11-18-14-6-3-5-13(17)9-14/h2-10,18H,11H2,1H3,(H,20,21)/b19-10-. The Morgan fingerprint density at radius 2 is 2.09 bits per heavy atom. The molecule has 0 radical (unpaired) electrons. The number of benzene rings is 2. The Bertz CT molecular complexity index is 674. The molecule has 0 aliphatic heterocycles. The summed E-state index contributed by atoms with van der Waals surface area (Å²) in [5.41, 5.74) is 4.06. The number of nitrogens with zero attached hydrogens (tertiary/aromatic N) is 1. The summed E-state index contributed by atoms with van der Waals surface area (Å²) in [5, 5.41) is 7.47. The molecule has 2 rings (SSSR count). The molecule has 0 aromatic heterocycles. The fourth-order valence-electron chi connectivity index (χ4n) is 1.72. The molecular weight excluding hydrogens is 302 g/mol. The van der Waals surface area contributed by atoms with Crippen molar-refractivity contribution in [3.05, 3.63) is 59.1 Å². The molecule has 114 valence electrons. The Morgan fingerprint density at radius 1 is 1.27 bits per heavy atom. The lowest BCUT2D eigenvalue weighted by molar-refractivity contribution is -0.119. The molecule has 5 nitrogen and oxygen atoms in total. The molecule has 1 amide bonds. The van der Waals surface area contributed by atoms with Gasteiger partial charge in [0.1, 0.15) is 5.75 Å². The van der Waals surface area contributed by atoms with Gasteiger partial charge in [-0.3, -0.25) is 4.79 Å². The maximum Gasteiger partial charge on any atom is 0.259 e. The van der Waals surface area contributed by atoms with E-state index in [0.717, 1.165) is 17.0 Å². The van der Waals surface area contributed by atoms with E-state index in [9.17, 15) is 4.79 Å². The van der Waals surface area contributed by atoms with Gasteiger partial charge in [-0.15, -0.1) is 0 Å². The van der Waals surface area contributed by atoms with E-state index in [2.05, 4.69) is 15.8 Å². The van der Waals surface area contributed by atoms with Gasteiger partial charge in [-0.05, 0) is 35.9 Å². The zero-order valence-electron chi connectivity index (χ0n) is 12.0. The van der Waals surface area contributed by atoms with Gasteiger partial charge in [0.25, 0.3) is 5.91 Å². The van der Waals surface area contributed by atoms with E-state index < -0.39 is 0 Å². The summed E-state index contributed by atoms with van der Waals surface area (Å²) in [6.45, 7) is 0.107. The number of hydrogen-bond donors (Lipinski definition) is 2. The first-order valence-electron chi connectivity index (χ1n) is 6.63. The highest BCUT2D eigenvalue weighted by Crippen LogP contribution is 2.14. The number of amides is 1. The van der Waals surface area contributed by atoms with Gasteiger partial charge in [0.15, 0.2) is 0 Å². The molecule has 0 bridgehead atoms. The van der Waals surface area contributed by atoms with Crippen LogP contribution in [0.3, 0.4) is 0 Å². The van der Waals surface area contributed by atoms with Crippen molar-refractivity contribution in [2.24, 2.45) is 5.10 Å². The Morgan fingerprint density at radius 3 is 2.86 bits per heavy atom. The van der Waals surface area contributed by atoms with Crippen molar-refractivity contribution < 1.29 is 9.53 Å². The number of carbonyl (C=O) groups excluding carboxylic acids is 1. The van der Waals surface area contributed by atoms with Crippen molar-refractivity contribution in [1.29, 1.82) is 0 Å². The van der Waals surface area contributed by atoms with Crippen LogP contribution in [0.25, 0.3) is 0 Å². The van der Waals surface area contributed by atoms with Gasteiger partial charge in [0.2, 0.25) is 0 Å². The van der Waals surface area contributed by atoms with Crippen molar-refractivity contribution >= 4 is 29.4 Å². The molecular formula is C16H16ClN3O2. The van der Waals surface area contributed by atoms with Crippen molar-refractivity contribution in [3.8, 4) is 5.75 Å². The molecule has 0 heterocycles. The van der Waals surface area contributed by atoms with E-state index in [1.165, 1.54) is 0 Å². The first-order valence-corrected chi connectivity index (χ1v) is 7.00. The summed E-state index contributed by atoms with van der Waals surface area (Å²) in [4.78, 5) is 11.7. The minimum atomic E-state index is -0.251. The van der Waals surface area contributed by atoms with Crippen LogP contribution in [0.15, 0.2) is 53.6 Å². The molecule has 2 aromatic rings. The maximum absolute atomic E-state index is 11.7. The molecule has 0 unspecified atom stereocenters. The van der Waals surface area contributed by atoms with Gasteiger partial charge in [-0.25, -0.2) is 5.43 Å². The first-order chi connectivity index (χ1) is 10.7. The number of nitrogens with one attached hydrogen (secondary N) is 2. The number of carbonyl (C=O) groups is 1. The van der Waals surface area contributed by atoms with Crippen LogP contribution in [0.2, 0.25) is 5.02 Å². The Hall–Kier alpha value is -2.53. The van der Waals surface area contributed by atoms with Crippen molar-refractivity contribution in [2.45, 2.75) is 0 Å². The second-order valence-electron chi connectivity index (χ2n) is 4.43. The zero-order valence-corrected chi connectivity index (χ0v) is 12.8. The molecule has 0 saturated heterocycles. The van der Waals surface area contributed by atoms with E-state index in [4.69, 9.17) is 16.3 Å². The molecule has 0 aliphatic carbocycles. The van der Waals surface area contributed by atoms with E-state index in [1.807, 2.05) is 36.4 Å². The predicted molar refractivity (Wildman–Crippen MR) is 88.7 cm³/mol. The van der Waals surface area contributed by atoms with Crippen LogP contribution in [0.5, 0.6) is 5.75 Å². The lowest BCUT2D eigenvalue weighted by Gasteiger charge is -2.05. The first kappa shape index (κ1) is 15.9. The van der Waals surface area contributed by atoms with Gasteiger partial charge in [-0.1, -0.05) is 29.8 Å². The fraction of sp³-hybridized carbons (Fsp3) is 0.125. The summed E-state index contributed by atoms with van der Waals surface area (Å²) >= 11 is 5.86. The minimum absolute atomic E-state index is 0.107. The molecule has 0 spiro atoms. The Labute approximate surface area is 133 Å². The lowest BCUT2D eigenvalue weighted by Crippen LogP contribution is -2.25. The van der Waals surface area contributed by atoms with Crippen molar-refractivity contribution in [2.75, 3.05) is 19.0 Å². The molecule has 0 saturated carbocycles. The van der Waals surface area contributed by atoms with Crippen LogP contribution in [-0.2, 0) is 4.79 Å². The normalized spacial score (nSPS) is 10.5. The van der Waals surface area contributed by atoms with Crippen LogP contribution in [0, 0.1) is 0 Å². The smallest absolute Gasteiger partial charge is 0.259 e. The van der Waals surface area contributed by atoms with Crippen LogP contribution < -0.4 is 15.5 Å². The number of rotatable bonds is 6. The minimum Gasteiger partial charge on any atom is -0.497 e. The molecule has 6 heteroatoms. The van der Waals surface area contributed by atoms with Gasteiger partial charge in [0.05, 0.1) is 19.9 Å². The summed E-state index contributed by atoms with van der Waals surface area (Å²) < 4.78 is 5.11. The molecule has 2 N–H and O–H groups in total. The third kappa shape index (κ3) is 5.10. The fourth-order valence-corrected chi connectivity index (χ4v) is 1.91. The highest BCUT2D eigenvalue weighted by atomic mass is 35.5. The topological polar surface area (TPSA) is 62.7 Å². The van der Waals surface area contributed by atoms with E-state index in [0.29, 0.717) is 5.02 Å². The Balaban J connectivity index is 1.81. The van der Waals surface area contributed by atoms with E-state index in [1.54, 1.807) is 25.5 Å². The third-order valence-corrected chi connectivity index (χ3v) is 3.01. The molecule has 2 aromatic carbocycles. The third-order valence-electron chi connectivity index (χ3n) is 2.77. The largest absolute Gasteiger partial charge is 0.497 e. The lowest BCUT2D eigenvalue weighted by atomic mass is 10.2. The molecule has 0 aliphatic rings. The summed E-state index contributed by atoms with van der Waals surface area (Å²) in [6, 6.07) is 14.5. The Kier molecular flexibility index (Phi) is 5.80. The number of anilines is 1. The van der Waals surface area contributed by atoms with Crippen molar-refractivity contribution in [1.82, 2.24) is 5.43 Å². The highest BCUT2D eigenvalue weighted by Gasteiger charge is 2.00. The van der Waals surface area contributed by atoms with Gasteiger partial charge in [-0.2, -0.15) is 5.10 Å². The number of methoxy groups -OCH3 is 1. The monoisotopic (exact) mass is 317 g/mol. The average molecular weight is 318 g/mol. The van der Waals surface area contributed by atoms with Crippen LogP contribution in [0.4, 0.5) is 5.69 Å². The van der Waals surface area contributed by atoms with Crippen LogP contribution in [0.1, 0.15) is 5.56 Å². The van der Waals surface area contributed by atoms with Crippen molar-refractivity contribution in [3.63, 3.8) is 0 Å². The SMILES string of the molecule is COc1cccc(/C=N\NC(=O)CNc2cccc(Cl)c2)c1. The maximum atomic E-state index is 11.7. The molecule has 0 atom stereocenters. The quantitative estimate of drug-likeness (QED) is 0.636. The van der Waals surface area contributed by atoms with Crippen LogP contribution in [-0.4, -0.2) is 25.8 Å². The van der Waals surface area contributed by atoms with Gasteiger partial charge < -0.3 is 10.1 Å². The number of hydrogen-bond acceptors (Lipinski definition) is 4. The van der Waals surface area contributed by atoms with E-state index in [-0.39, 0.29) is 12.5 Å². The predicted octanol–water partition coefficient (Wildman–Crippen LogP) is 2.91. The second kappa shape index (κ2) is 8.05. The number of hydrazone groups is 1. The summed E-state index contributed by atoms with van der Waals surface area (Å²) in [6.07, 6.45) is 1.56. The molecule has 22 heavy (non-hydrogen) atoms. The van der Waals surface area contributed by atoms with E-state index >= 15 is 0 Å². The number of ether oxygens (including phenoxy) is 1. The number of halogens is 1.